The van der Waals surface area contributed by atoms with Gasteiger partial charge in [0, 0.05) is 25.2 Å². The average Bonchev–Trinajstić information content (AvgIpc) is 3.11. The van der Waals surface area contributed by atoms with E-state index in [1.165, 1.54) is 34.4 Å². The molecule has 1 amide bonds. The highest BCUT2D eigenvalue weighted by molar-refractivity contribution is 6.15. The summed E-state index contributed by atoms with van der Waals surface area (Å²) in [5.74, 6) is -0.671. The first-order chi connectivity index (χ1) is 23.3. The molecule has 0 bridgehead atoms. The summed E-state index contributed by atoms with van der Waals surface area (Å²) >= 11 is 0. The molecule has 1 heterocycles. The van der Waals surface area contributed by atoms with Crippen molar-refractivity contribution in [2.24, 2.45) is 0 Å². The third-order valence-electron chi connectivity index (χ3n) is 8.87. The van der Waals surface area contributed by atoms with Gasteiger partial charge in [0.1, 0.15) is 22.9 Å². The summed E-state index contributed by atoms with van der Waals surface area (Å²) in [4.78, 5) is 17.6. The summed E-state index contributed by atoms with van der Waals surface area (Å²) in [6.07, 6.45) is 21.0. The summed E-state index contributed by atoms with van der Waals surface area (Å²) in [6.45, 7) is 17.6. The maximum Gasteiger partial charge on any atom is 0.260 e. The van der Waals surface area contributed by atoms with Gasteiger partial charge < -0.3 is 25.1 Å². The maximum atomic E-state index is 14.2. The lowest BCUT2D eigenvalue weighted by molar-refractivity contribution is 0.0990. The fraction of sp³-hybridized carbons (Fsp3) is 0.419. The van der Waals surface area contributed by atoms with E-state index in [0.717, 1.165) is 62.5 Å². The molecule has 0 atom stereocenters. The number of benzene rings is 2. The van der Waals surface area contributed by atoms with Crippen molar-refractivity contribution in [2.75, 3.05) is 22.9 Å². The fourth-order valence-electron chi connectivity index (χ4n) is 5.96. The number of anilines is 3. The van der Waals surface area contributed by atoms with Crippen LogP contribution >= 0.6 is 0 Å². The molecule has 0 aromatic heterocycles. The van der Waals surface area contributed by atoms with E-state index in [2.05, 4.69) is 85.8 Å². The van der Waals surface area contributed by atoms with Crippen molar-refractivity contribution in [1.29, 1.82) is 0 Å². The van der Waals surface area contributed by atoms with Gasteiger partial charge in [0.25, 0.3) is 5.91 Å². The van der Waals surface area contributed by atoms with Crippen LogP contribution < -0.4 is 9.80 Å². The van der Waals surface area contributed by atoms with Crippen LogP contribution in [0.5, 0.6) is 17.2 Å². The van der Waals surface area contributed by atoms with Crippen molar-refractivity contribution in [3.63, 3.8) is 0 Å². The summed E-state index contributed by atoms with van der Waals surface area (Å²) in [7, 11) is 0. The van der Waals surface area contributed by atoms with Gasteiger partial charge in [0.05, 0.1) is 16.9 Å². The molecule has 0 unspecified atom stereocenters. The van der Waals surface area contributed by atoms with Gasteiger partial charge in [-0.1, -0.05) is 76.0 Å². The van der Waals surface area contributed by atoms with Gasteiger partial charge in [0.15, 0.2) is 0 Å². The zero-order chi connectivity index (χ0) is 36.1. The predicted molar refractivity (Wildman–Crippen MR) is 207 cm³/mol. The van der Waals surface area contributed by atoms with E-state index in [1.54, 1.807) is 28.0 Å². The largest absolute Gasteiger partial charge is 0.508 e. The molecular weight excluding hydrogens is 608 g/mol. The van der Waals surface area contributed by atoms with E-state index in [-0.39, 0.29) is 29.7 Å². The zero-order valence-electron chi connectivity index (χ0n) is 31.1. The molecule has 1 aliphatic rings. The Morgan fingerprint density at radius 3 is 1.55 bits per heavy atom. The molecule has 3 N–H and O–H groups in total. The number of phenols is 3. The van der Waals surface area contributed by atoms with Crippen LogP contribution in [0.3, 0.4) is 0 Å². The second kappa shape index (κ2) is 18.9. The molecule has 0 radical (unpaired) electrons. The first-order valence-electron chi connectivity index (χ1n) is 17.6. The van der Waals surface area contributed by atoms with Crippen molar-refractivity contribution >= 4 is 23.0 Å². The summed E-state index contributed by atoms with van der Waals surface area (Å²) in [5.41, 5.74) is 9.15. The quantitative estimate of drug-likeness (QED) is 0.155. The molecule has 0 fully saturated rings. The Morgan fingerprint density at radius 2 is 1.04 bits per heavy atom. The lowest BCUT2D eigenvalue weighted by Crippen LogP contribution is -2.30. The van der Waals surface area contributed by atoms with Gasteiger partial charge in [-0.05, 0) is 119 Å². The standard InChI is InChI=1S/C43H58N2O4/c1-30(2)14-9-16-32(5)18-11-20-34(7)24-26-44-38-28-36(46)29-40(48)42(38)45(41-37(43(44)49)22-13-23-39(41)47)27-25-35(8)21-12-19-33(6)17-10-15-31(3)4/h13-15,18-19,22-25,28-29,46-48H,9-12,16-17,20-21,26-27H2,1-8H3. The van der Waals surface area contributed by atoms with Gasteiger partial charge in [-0.15, -0.1) is 0 Å². The van der Waals surface area contributed by atoms with E-state index in [1.807, 2.05) is 6.08 Å². The Hall–Kier alpha value is -4.45. The first-order valence-corrected chi connectivity index (χ1v) is 17.6. The number of hydrogen-bond acceptors (Lipinski definition) is 5. The number of aromatic hydroxyl groups is 3. The number of phenolic OH excluding ortho intramolecular Hbond substituents is 3. The van der Waals surface area contributed by atoms with E-state index < -0.39 is 0 Å². The van der Waals surface area contributed by atoms with E-state index in [9.17, 15) is 20.1 Å². The number of carbonyl (C=O) groups excluding carboxylic acids is 1. The fourth-order valence-corrected chi connectivity index (χ4v) is 5.96. The van der Waals surface area contributed by atoms with Crippen LogP contribution in [0.1, 0.15) is 117 Å². The van der Waals surface area contributed by atoms with Crippen molar-refractivity contribution in [3.05, 3.63) is 106 Å². The Kier molecular flexibility index (Phi) is 15.1. The highest BCUT2D eigenvalue weighted by atomic mass is 16.3. The number of nitrogens with zero attached hydrogens (tertiary/aromatic N) is 2. The molecule has 2 aromatic rings. The minimum atomic E-state index is -0.312. The summed E-state index contributed by atoms with van der Waals surface area (Å²) in [6, 6.07) is 7.73. The Balaban J connectivity index is 1.88. The number of carbonyl (C=O) groups is 1. The third-order valence-corrected chi connectivity index (χ3v) is 8.87. The van der Waals surface area contributed by atoms with Crippen molar-refractivity contribution in [3.8, 4) is 17.2 Å². The molecule has 0 saturated carbocycles. The van der Waals surface area contributed by atoms with Crippen LogP contribution in [0.25, 0.3) is 0 Å². The normalized spacial score (nSPS) is 14.0. The monoisotopic (exact) mass is 666 g/mol. The van der Waals surface area contributed by atoms with Gasteiger partial charge in [0.2, 0.25) is 0 Å². The summed E-state index contributed by atoms with van der Waals surface area (Å²) < 4.78 is 0. The molecule has 0 aliphatic carbocycles. The minimum Gasteiger partial charge on any atom is -0.508 e. The Morgan fingerprint density at radius 1 is 0.571 bits per heavy atom. The van der Waals surface area contributed by atoms with Crippen molar-refractivity contribution in [1.82, 2.24) is 0 Å². The molecule has 0 saturated heterocycles. The number of amides is 1. The SMILES string of the molecule is CC(C)=CCCC(C)=CCCC(C)=CCN1C(=O)c2cccc(O)c2N(CC=C(C)CCC=C(C)CCC=C(C)C)c2c(O)cc(O)cc21. The van der Waals surface area contributed by atoms with Gasteiger partial charge in [-0.3, -0.25) is 4.79 Å². The van der Waals surface area contributed by atoms with Crippen molar-refractivity contribution < 1.29 is 20.1 Å². The molecule has 264 valence electrons. The predicted octanol–water partition coefficient (Wildman–Crippen LogP) is 11.7. The lowest BCUT2D eigenvalue weighted by atomic mass is 10.1. The summed E-state index contributed by atoms with van der Waals surface area (Å²) in [5, 5.41) is 33.0. The van der Waals surface area contributed by atoms with Crippen LogP contribution in [0.2, 0.25) is 0 Å². The second-order valence-electron chi connectivity index (χ2n) is 14.0. The highest BCUT2D eigenvalue weighted by Gasteiger charge is 2.34. The number of para-hydroxylation sites is 1. The lowest BCUT2D eigenvalue weighted by Gasteiger charge is -2.28. The topological polar surface area (TPSA) is 84.2 Å². The second-order valence-corrected chi connectivity index (χ2v) is 14.0. The van der Waals surface area contributed by atoms with Crippen LogP contribution in [0.4, 0.5) is 17.1 Å². The molecule has 3 rings (SSSR count). The smallest absolute Gasteiger partial charge is 0.260 e. The van der Waals surface area contributed by atoms with Crippen LogP contribution in [-0.2, 0) is 0 Å². The number of allylic oxidation sites excluding steroid dienone is 10. The minimum absolute atomic E-state index is 0.0504. The zero-order valence-corrected chi connectivity index (χ0v) is 31.1. The molecule has 6 nitrogen and oxygen atoms in total. The third kappa shape index (κ3) is 11.9. The van der Waals surface area contributed by atoms with Crippen LogP contribution in [0.15, 0.2) is 100 Å². The van der Waals surface area contributed by atoms with Gasteiger partial charge in [-0.2, -0.15) is 0 Å². The molecular formula is C43H58N2O4. The number of hydrogen-bond donors (Lipinski definition) is 3. The van der Waals surface area contributed by atoms with Gasteiger partial charge in [-0.25, -0.2) is 0 Å². The first kappa shape index (κ1) is 39.0. The molecule has 1 aliphatic heterocycles. The number of fused-ring (bicyclic) bond motifs is 2. The number of rotatable bonds is 16. The molecule has 49 heavy (non-hydrogen) atoms. The van der Waals surface area contributed by atoms with Crippen LogP contribution in [-0.4, -0.2) is 34.3 Å². The van der Waals surface area contributed by atoms with E-state index in [0.29, 0.717) is 29.2 Å². The van der Waals surface area contributed by atoms with Crippen LogP contribution in [0, 0.1) is 0 Å². The Labute approximate surface area is 295 Å². The Bertz CT molecular complexity index is 1650. The van der Waals surface area contributed by atoms with Crippen molar-refractivity contribution in [2.45, 2.75) is 107 Å². The van der Waals surface area contributed by atoms with E-state index >= 15 is 0 Å². The highest BCUT2D eigenvalue weighted by Crippen LogP contribution is 2.50. The maximum absolute atomic E-state index is 14.2. The van der Waals surface area contributed by atoms with Gasteiger partial charge >= 0.3 is 0 Å². The molecule has 2 aromatic carbocycles. The average molecular weight is 667 g/mol. The van der Waals surface area contributed by atoms with E-state index in [4.69, 9.17) is 0 Å². The molecule has 6 heteroatoms. The molecule has 0 spiro atoms.